The molecule has 6 heteroatoms. The molecule has 0 saturated carbocycles. The SMILES string of the molecule is Cc1cc(N2CCN(C(=O)[C@@H](C)O)CC2)ncn1. The Labute approximate surface area is 106 Å². The minimum absolute atomic E-state index is 0.200. The molecule has 1 aromatic heterocycles. The zero-order chi connectivity index (χ0) is 13.1. The van der Waals surface area contributed by atoms with E-state index in [1.54, 1.807) is 11.2 Å². The zero-order valence-electron chi connectivity index (χ0n) is 10.7. The fourth-order valence-corrected chi connectivity index (χ4v) is 2.03. The topological polar surface area (TPSA) is 69.6 Å². The highest BCUT2D eigenvalue weighted by Gasteiger charge is 2.24. The lowest BCUT2D eigenvalue weighted by Crippen LogP contribution is -2.51. The first-order chi connectivity index (χ1) is 8.58. The number of aromatic nitrogens is 2. The Kier molecular flexibility index (Phi) is 3.76. The molecule has 0 spiro atoms. The number of amides is 1. The van der Waals surface area contributed by atoms with Gasteiger partial charge in [-0.05, 0) is 13.8 Å². The van der Waals surface area contributed by atoms with E-state index in [0.717, 1.165) is 24.6 Å². The molecule has 6 nitrogen and oxygen atoms in total. The molecular formula is C12H18N4O2. The molecule has 1 saturated heterocycles. The first-order valence-corrected chi connectivity index (χ1v) is 6.08. The predicted octanol–water partition coefficient (Wildman–Crippen LogP) is -0.186. The Balaban J connectivity index is 1.96. The van der Waals surface area contributed by atoms with Crippen molar-refractivity contribution in [3.8, 4) is 0 Å². The van der Waals surface area contributed by atoms with Crippen molar-refractivity contribution in [3.05, 3.63) is 18.1 Å². The van der Waals surface area contributed by atoms with Crippen molar-refractivity contribution in [3.63, 3.8) is 0 Å². The van der Waals surface area contributed by atoms with E-state index in [1.165, 1.54) is 6.92 Å². The van der Waals surface area contributed by atoms with Crippen molar-refractivity contribution < 1.29 is 9.90 Å². The second-order valence-corrected chi connectivity index (χ2v) is 4.51. The largest absolute Gasteiger partial charge is 0.384 e. The standard InChI is InChI=1S/C12H18N4O2/c1-9-7-11(14-8-13-9)15-3-5-16(6-4-15)12(18)10(2)17/h7-8,10,17H,3-6H2,1-2H3/t10-/m1/s1. The molecule has 1 aliphatic rings. The van der Waals surface area contributed by atoms with Crippen LogP contribution in [0.3, 0.4) is 0 Å². The Hall–Kier alpha value is -1.69. The highest BCUT2D eigenvalue weighted by molar-refractivity contribution is 5.80. The molecule has 1 atom stereocenters. The summed E-state index contributed by atoms with van der Waals surface area (Å²) in [6.07, 6.45) is 0.635. The van der Waals surface area contributed by atoms with Gasteiger partial charge in [-0.15, -0.1) is 0 Å². The molecule has 0 radical (unpaired) electrons. The van der Waals surface area contributed by atoms with Crippen molar-refractivity contribution in [1.29, 1.82) is 0 Å². The van der Waals surface area contributed by atoms with Crippen molar-refractivity contribution in [2.75, 3.05) is 31.1 Å². The molecule has 18 heavy (non-hydrogen) atoms. The van der Waals surface area contributed by atoms with Crippen molar-refractivity contribution in [2.45, 2.75) is 20.0 Å². The maximum absolute atomic E-state index is 11.6. The van der Waals surface area contributed by atoms with Crippen LogP contribution in [0.2, 0.25) is 0 Å². The van der Waals surface area contributed by atoms with E-state index >= 15 is 0 Å². The Bertz CT molecular complexity index is 428. The molecule has 2 rings (SSSR count). The first kappa shape index (κ1) is 12.8. The minimum atomic E-state index is -0.919. The molecule has 0 bridgehead atoms. The van der Waals surface area contributed by atoms with Gasteiger partial charge in [0.25, 0.3) is 5.91 Å². The van der Waals surface area contributed by atoms with Crippen LogP contribution in [0.1, 0.15) is 12.6 Å². The second-order valence-electron chi connectivity index (χ2n) is 4.51. The summed E-state index contributed by atoms with van der Waals surface area (Å²) in [6.45, 7) is 6.13. The van der Waals surface area contributed by atoms with Crippen LogP contribution in [-0.4, -0.2) is 58.2 Å². The lowest BCUT2D eigenvalue weighted by atomic mass is 10.2. The molecule has 1 N–H and O–H groups in total. The number of nitrogens with zero attached hydrogens (tertiary/aromatic N) is 4. The number of anilines is 1. The maximum atomic E-state index is 11.6. The van der Waals surface area contributed by atoms with E-state index in [-0.39, 0.29) is 5.91 Å². The average Bonchev–Trinajstić information content (AvgIpc) is 2.38. The van der Waals surface area contributed by atoms with E-state index in [4.69, 9.17) is 0 Å². The van der Waals surface area contributed by atoms with E-state index in [9.17, 15) is 9.90 Å². The number of rotatable bonds is 2. The highest BCUT2D eigenvalue weighted by atomic mass is 16.3. The van der Waals surface area contributed by atoms with E-state index in [2.05, 4.69) is 14.9 Å². The molecule has 98 valence electrons. The van der Waals surface area contributed by atoms with Gasteiger partial charge >= 0.3 is 0 Å². The maximum Gasteiger partial charge on any atom is 0.251 e. The van der Waals surface area contributed by atoms with E-state index in [1.807, 2.05) is 13.0 Å². The number of aliphatic hydroxyl groups is 1. The number of hydrogen-bond donors (Lipinski definition) is 1. The first-order valence-electron chi connectivity index (χ1n) is 6.08. The summed E-state index contributed by atoms with van der Waals surface area (Å²) in [5.74, 6) is 0.695. The zero-order valence-corrected chi connectivity index (χ0v) is 10.7. The summed E-state index contributed by atoms with van der Waals surface area (Å²) >= 11 is 0. The van der Waals surface area contributed by atoms with Crippen molar-refractivity contribution >= 4 is 11.7 Å². The summed E-state index contributed by atoms with van der Waals surface area (Å²) < 4.78 is 0. The van der Waals surface area contributed by atoms with E-state index in [0.29, 0.717) is 13.1 Å². The predicted molar refractivity (Wildman–Crippen MR) is 67.2 cm³/mol. The van der Waals surface area contributed by atoms with Gasteiger partial charge in [0.2, 0.25) is 0 Å². The van der Waals surface area contributed by atoms with Gasteiger partial charge in [-0.2, -0.15) is 0 Å². The van der Waals surface area contributed by atoms with Crippen LogP contribution in [0.15, 0.2) is 12.4 Å². The summed E-state index contributed by atoms with van der Waals surface area (Å²) in [6, 6.07) is 1.94. The van der Waals surface area contributed by atoms with Crippen LogP contribution < -0.4 is 4.90 Å². The Morgan fingerprint density at radius 2 is 2.00 bits per heavy atom. The van der Waals surface area contributed by atoms with Crippen LogP contribution in [-0.2, 0) is 4.79 Å². The van der Waals surface area contributed by atoms with Crippen LogP contribution in [0.5, 0.6) is 0 Å². The quantitative estimate of drug-likeness (QED) is 0.788. The molecular weight excluding hydrogens is 232 g/mol. The third-order valence-electron chi connectivity index (χ3n) is 3.06. The molecule has 0 aromatic carbocycles. The van der Waals surface area contributed by atoms with Crippen LogP contribution in [0.25, 0.3) is 0 Å². The Morgan fingerprint density at radius 3 is 2.56 bits per heavy atom. The van der Waals surface area contributed by atoms with Crippen molar-refractivity contribution in [2.24, 2.45) is 0 Å². The number of aryl methyl sites for hydroxylation is 1. The summed E-state index contributed by atoms with van der Waals surface area (Å²) in [4.78, 5) is 23.7. The fourth-order valence-electron chi connectivity index (χ4n) is 2.03. The average molecular weight is 250 g/mol. The number of piperazine rings is 1. The number of hydrogen-bond acceptors (Lipinski definition) is 5. The van der Waals surface area contributed by atoms with Gasteiger partial charge in [0.1, 0.15) is 18.2 Å². The second kappa shape index (κ2) is 5.30. The molecule has 1 aliphatic heterocycles. The molecule has 0 aliphatic carbocycles. The smallest absolute Gasteiger partial charge is 0.251 e. The van der Waals surface area contributed by atoms with Gasteiger partial charge in [-0.3, -0.25) is 4.79 Å². The summed E-state index contributed by atoms with van der Waals surface area (Å²) in [5.41, 5.74) is 0.933. The van der Waals surface area contributed by atoms with Crippen LogP contribution in [0.4, 0.5) is 5.82 Å². The normalized spacial score (nSPS) is 17.7. The van der Waals surface area contributed by atoms with Crippen LogP contribution in [0, 0.1) is 6.92 Å². The monoisotopic (exact) mass is 250 g/mol. The molecule has 0 unspecified atom stereocenters. The molecule has 1 amide bonds. The number of carbonyl (C=O) groups excluding carboxylic acids is 1. The summed E-state index contributed by atoms with van der Waals surface area (Å²) in [7, 11) is 0. The van der Waals surface area contributed by atoms with Crippen LogP contribution >= 0.6 is 0 Å². The molecule has 2 heterocycles. The minimum Gasteiger partial charge on any atom is -0.384 e. The summed E-state index contributed by atoms with van der Waals surface area (Å²) in [5, 5.41) is 9.27. The highest BCUT2D eigenvalue weighted by Crippen LogP contribution is 2.13. The number of aliphatic hydroxyl groups excluding tert-OH is 1. The van der Waals surface area contributed by atoms with Crippen molar-refractivity contribution in [1.82, 2.24) is 14.9 Å². The van der Waals surface area contributed by atoms with Gasteiger partial charge in [-0.25, -0.2) is 9.97 Å². The van der Waals surface area contributed by atoms with Gasteiger partial charge in [0, 0.05) is 37.9 Å². The fraction of sp³-hybridized carbons (Fsp3) is 0.583. The lowest BCUT2D eigenvalue weighted by Gasteiger charge is -2.35. The third-order valence-corrected chi connectivity index (χ3v) is 3.06. The molecule has 1 fully saturated rings. The van der Waals surface area contributed by atoms with Gasteiger partial charge in [0.05, 0.1) is 0 Å². The Morgan fingerprint density at radius 1 is 1.33 bits per heavy atom. The van der Waals surface area contributed by atoms with E-state index < -0.39 is 6.10 Å². The van der Waals surface area contributed by atoms with Gasteiger partial charge in [-0.1, -0.05) is 0 Å². The third kappa shape index (κ3) is 2.76. The van der Waals surface area contributed by atoms with Gasteiger partial charge < -0.3 is 14.9 Å². The number of carbonyl (C=O) groups is 1. The molecule has 1 aromatic rings. The lowest BCUT2D eigenvalue weighted by molar-refractivity contribution is -0.139. The van der Waals surface area contributed by atoms with Gasteiger partial charge in [0.15, 0.2) is 0 Å².